The second-order valence-corrected chi connectivity index (χ2v) is 7.05. The Morgan fingerprint density at radius 1 is 1.04 bits per heavy atom. The summed E-state index contributed by atoms with van der Waals surface area (Å²) in [5.74, 6) is 0. The molecule has 24 heavy (non-hydrogen) atoms. The van der Waals surface area contributed by atoms with Crippen molar-refractivity contribution in [2.45, 2.75) is 11.1 Å². The van der Waals surface area contributed by atoms with Crippen molar-refractivity contribution in [3.63, 3.8) is 0 Å². The summed E-state index contributed by atoms with van der Waals surface area (Å²) in [7, 11) is -4.09. The van der Waals surface area contributed by atoms with Gasteiger partial charge in [0.2, 0.25) is 9.84 Å². The van der Waals surface area contributed by atoms with Crippen LogP contribution in [0, 0.1) is 11.3 Å². The molecule has 0 saturated heterocycles. The summed E-state index contributed by atoms with van der Waals surface area (Å²) in [4.78, 5) is -0.712. The summed E-state index contributed by atoms with van der Waals surface area (Å²) in [6.07, 6.45) is -3.47. The first-order valence-corrected chi connectivity index (χ1v) is 8.30. The van der Waals surface area contributed by atoms with Gasteiger partial charge >= 0.3 is 6.18 Å². The van der Waals surface area contributed by atoms with Crippen LogP contribution in [0.4, 0.5) is 13.2 Å². The Hall–Kier alpha value is -2.30. The van der Waals surface area contributed by atoms with Gasteiger partial charge in [-0.2, -0.15) is 18.4 Å². The molecule has 3 nitrogen and oxygen atoms in total. The normalized spacial score (nSPS) is 12.7. The number of hydrogen-bond donors (Lipinski definition) is 0. The van der Waals surface area contributed by atoms with E-state index in [1.54, 1.807) is 6.07 Å². The third-order valence-electron chi connectivity index (χ3n) is 3.06. The minimum atomic E-state index is -4.49. The molecule has 0 aromatic heterocycles. The van der Waals surface area contributed by atoms with Crippen molar-refractivity contribution >= 4 is 27.5 Å². The first-order chi connectivity index (χ1) is 11.1. The molecule has 0 saturated carbocycles. The smallest absolute Gasteiger partial charge is 0.218 e. The third kappa shape index (κ3) is 3.96. The van der Waals surface area contributed by atoms with E-state index in [-0.39, 0.29) is 10.5 Å². The molecule has 124 valence electrons. The highest BCUT2D eigenvalue weighted by molar-refractivity contribution is 7.95. The number of rotatable bonds is 3. The zero-order chi connectivity index (χ0) is 18.0. The van der Waals surface area contributed by atoms with Gasteiger partial charge in [-0.3, -0.25) is 0 Å². The summed E-state index contributed by atoms with van der Waals surface area (Å²) >= 11 is 5.69. The average molecular weight is 372 g/mol. The molecule has 0 N–H and O–H groups in total. The number of allylic oxidation sites excluding steroid dienone is 1. The molecule has 0 bridgehead atoms. The molecule has 0 spiro atoms. The van der Waals surface area contributed by atoms with Gasteiger partial charge in [-0.1, -0.05) is 23.7 Å². The molecule has 2 aromatic rings. The van der Waals surface area contributed by atoms with Crippen LogP contribution < -0.4 is 0 Å². The summed E-state index contributed by atoms with van der Waals surface area (Å²) < 4.78 is 62.3. The van der Waals surface area contributed by atoms with E-state index in [1.807, 2.05) is 0 Å². The SMILES string of the molecule is N#CC(=Cc1ccc(C(F)(F)F)cc1)S(=O)(=O)c1ccc(Cl)cc1. The Balaban J connectivity index is 2.42. The van der Waals surface area contributed by atoms with Crippen LogP contribution in [0.25, 0.3) is 6.08 Å². The lowest BCUT2D eigenvalue weighted by molar-refractivity contribution is -0.137. The van der Waals surface area contributed by atoms with E-state index in [1.165, 1.54) is 24.3 Å². The molecule has 0 unspecified atom stereocenters. The fourth-order valence-corrected chi connectivity index (χ4v) is 3.12. The van der Waals surface area contributed by atoms with Crippen molar-refractivity contribution < 1.29 is 21.6 Å². The first kappa shape index (κ1) is 18.0. The standard InChI is InChI=1S/C16H9ClF3NO2S/c17-13-5-7-14(8-6-13)24(22,23)15(10-21)9-11-1-3-12(4-2-11)16(18,19)20/h1-9H. The molecule has 0 aliphatic carbocycles. The quantitative estimate of drug-likeness (QED) is 0.735. The highest BCUT2D eigenvalue weighted by Gasteiger charge is 2.30. The molecule has 0 atom stereocenters. The van der Waals surface area contributed by atoms with Gasteiger partial charge in [-0.05, 0) is 48.0 Å². The van der Waals surface area contributed by atoms with Gasteiger partial charge in [0, 0.05) is 5.02 Å². The number of alkyl halides is 3. The van der Waals surface area contributed by atoms with Crippen molar-refractivity contribution in [3.05, 3.63) is 69.6 Å². The van der Waals surface area contributed by atoms with E-state index in [4.69, 9.17) is 16.9 Å². The third-order valence-corrected chi connectivity index (χ3v) is 4.99. The van der Waals surface area contributed by atoms with Crippen molar-refractivity contribution in [3.8, 4) is 6.07 Å². The van der Waals surface area contributed by atoms with E-state index in [2.05, 4.69) is 0 Å². The predicted molar refractivity (Wildman–Crippen MR) is 83.7 cm³/mol. The lowest BCUT2D eigenvalue weighted by Gasteiger charge is -2.07. The molecular weight excluding hydrogens is 363 g/mol. The number of nitrogens with zero attached hydrogens (tertiary/aromatic N) is 1. The van der Waals surface area contributed by atoms with Crippen LogP contribution in [0.1, 0.15) is 11.1 Å². The second-order valence-electron chi connectivity index (χ2n) is 4.70. The van der Waals surface area contributed by atoms with Gasteiger partial charge in [0.1, 0.15) is 11.0 Å². The Morgan fingerprint density at radius 3 is 2.04 bits per heavy atom. The number of sulfone groups is 1. The predicted octanol–water partition coefficient (Wildman–Crippen LogP) is 4.70. The number of benzene rings is 2. The van der Waals surface area contributed by atoms with Crippen LogP contribution in [-0.2, 0) is 16.0 Å². The van der Waals surface area contributed by atoms with Crippen molar-refractivity contribution in [1.82, 2.24) is 0 Å². The van der Waals surface area contributed by atoms with Crippen molar-refractivity contribution in [2.75, 3.05) is 0 Å². The minimum Gasteiger partial charge on any atom is -0.218 e. The first-order valence-electron chi connectivity index (χ1n) is 6.44. The van der Waals surface area contributed by atoms with Gasteiger partial charge in [0.05, 0.1) is 10.5 Å². The second kappa shape index (κ2) is 6.67. The molecule has 0 aliphatic heterocycles. The maximum atomic E-state index is 12.5. The Morgan fingerprint density at radius 2 is 1.58 bits per heavy atom. The number of halogens is 4. The molecule has 2 rings (SSSR count). The Kier molecular flexibility index (Phi) is 5.02. The molecular formula is C16H9ClF3NO2S. The van der Waals surface area contributed by atoms with E-state index in [0.717, 1.165) is 30.3 Å². The number of hydrogen-bond acceptors (Lipinski definition) is 3. The van der Waals surface area contributed by atoms with Crippen LogP contribution in [0.5, 0.6) is 0 Å². The summed E-state index contributed by atoms with van der Waals surface area (Å²) in [6.45, 7) is 0. The molecule has 8 heteroatoms. The van der Waals surface area contributed by atoms with Gasteiger partial charge in [-0.25, -0.2) is 8.42 Å². The van der Waals surface area contributed by atoms with Crippen LogP contribution in [0.15, 0.2) is 58.3 Å². The largest absolute Gasteiger partial charge is 0.416 e. The van der Waals surface area contributed by atoms with Gasteiger partial charge in [0.15, 0.2) is 0 Å². The van der Waals surface area contributed by atoms with Crippen LogP contribution in [0.3, 0.4) is 0 Å². The maximum absolute atomic E-state index is 12.5. The average Bonchev–Trinajstić information content (AvgIpc) is 2.52. The molecule has 0 radical (unpaired) electrons. The van der Waals surface area contributed by atoms with Crippen LogP contribution in [-0.4, -0.2) is 8.42 Å². The van der Waals surface area contributed by atoms with E-state index in [0.29, 0.717) is 5.02 Å². The summed E-state index contributed by atoms with van der Waals surface area (Å²) in [6, 6.07) is 10.6. The molecule has 0 aliphatic rings. The molecule has 0 heterocycles. The van der Waals surface area contributed by atoms with Gasteiger partial charge in [0.25, 0.3) is 0 Å². The Labute approximate surface area is 141 Å². The van der Waals surface area contributed by atoms with Crippen molar-refractivity contribution in [1.29, 1.82) is 5.26 Å². The number of nitriles is 1. The van der Waals surface area contributed by atoms with Crippen molar-refractivity contribution in [2.24, 2.45) is 0 Å². The fraction of sp³-hybridized carbons (Fsp3) is 0.0625. The Bertz CT molecular complexity index is 910. The van der Waals surface area contributed by atoms with Gasteiger partial charge in [-0.15, -0.1) is 0 Å². The highest BCUT2D eigenvalue weighted by atomic mass is 35.5. The topological polar surface area (TPSA) is 57.9 Å². The maximum Gasteiger partial charge on any atom is 0.416 e. The highest BCUT2D eigenvalue weighted by Crippen LogP contribution is 2.30. The zero-order valence-electron chi connectivity index (χ0n) is 11.9. The summed E-state index contributed by atoms with van der Waals surface area (Å²) in [5.41, 5.74) is -0.698. The van der Waals surface area contributed by atoms with Crippen LogP contribution >= 0.6 is 11.6 Å². The van der Waals surface area contributed by atoms with Gasteiger partial charge < -0.3 is 0 Å². The monoisotopic (exact) mass is 371 g/mol. The summed E-state index contributed by atoms with van der Waals surface area (Å²) in [5, 5.41) is 9.45. The lowest BCUT2D eigenvalue weighted by atomic mass is 10.1. The van der Waals surface area contributed by atoms with Crippen LogP contribution in [0.2, 0.25) is 5.02 Å². The van der Waals surface area contributed by atoms with E-state index < -0.39 is 26.5 Å². The minimum absolute atomic E-state index is 0.133. The molecule has 0 amide bonds. The van der Waals surface area contributed by atoms with E-state index in [9.17, 15) is 21.6 Å². The van der Waals surface area contributed by atoms with E-state index >= 15 is 0 Å². The lowest BCUT2D eigenvalue weighted by Crippen LogP contribution is -2.05. The molecule has 2 aromatic carbocycles. The zero-order valence-corrected chi connectivity index (χ0v) is 13.5. The molecule has 0 fully saturated rings. The fourth-order valence-electron chi connectivity index (χ4n) is 1.83.